The zero-order chi connectivity index (χ0) is 8.97. The van der Waals surface area contributed by atoms with E-state index in [-0.39, 0.29) is 0 Å². The number of nitrogens with two attached hydrogens (primary N) is 1. The lowest BCUT2D eigenvalue weighted by molar-refractivity contribution is 1.37. The number of nitrogens with zero attached hydrogens (tertiary/aromatic N) is 2. The Hall–Kier alpha value is -1.65. The van der Waals surface area contributed by atoms with Gasteiger partial charge in [0, 0.05) is 10.6 Å². The first kappa shape index (κ1) is 8.45. The Kier molecular flexibility index (Phi) is 2.57. The number of anilines is 1. The number of hydrogen-bond donors (Lipinski definition) is 1. The van der Waals surface area contributed by atoms with Crippen LogP contribution in [0.4, 0.5) is 5.69 Å². The summed E-state index contributed by atoms with van der Waals surface area (Å²) in [6.45, 7) is 0. The molecule has 3 nitrogen and oxygen atoms in total. The summed E-state index contributed by atoms with van der Waals surface area (Å²) in [5.74, 6) is 0. The van der Waals surface area contributed by atoms with Crippen LogP contribution >= 0.6 is 11.8 Å². The molecular formula is C8H5N3S. The highest BCUT2D eigenvalue weighted by atomic mass is 32.2. The first-order valence-electron chi connectivity index (χ1n) is 3.13. The minimum Gasteiger partial charge on any atom is -0.399 e. The minimum absolute atomic E-state index is 0.446. The van der Waals surface area contributed by atoms with Gasteiger partial charge in [-0.1, -0.05) is 0 Å². The zero-order valence-electron chi connectivity index (χ0n) is 6.11. The molecule has 0 spiro atoms. The van der Waals surface area contributed by atoms with E-state index in [1.165, 1.54) is 0 Å². The number of nitriles is 2. The predicted octanol–water partition coefficient (Wildman–Crippen LogP) is 1.71. The second-order valence-electron chi connectivity index (χ2n) is 2.06. The third kappa shape index (κ3) is 1.69. The van der Waals surface area contributed by atoms with Gasteiger partial charge in [0.15, 0.2) is 0 Å². The monoisotopic (exact) mass is 175 g/mol. The Labute approximate surface area is 74.4 Å². The first-order valence-corrected chi connectivity index (χ1v) is 3.95. The van der Waals surface area contributed by atoms with Gasteiger partial charge in [0.2, 0.25) is 0 Å². The molecule has 0 aliphatic heterocycles. The van der Waals surface area contributed by atoms with Crippen LogP contribution in [0.3, 0.4) is 0 Å². The van der Waals surface area contributed by atoms with Crippen molar-refractivity contribution in [1.29, 1.82) is 10.5 Å². The highest BCUT2D eigenvalue weighted by molar-refractivity contribution is 8.03. The smallest absolute Gasteiger partial charge is 0.138 e. The van der Waals surface area contributed by atoms with Crippen LogP contribution in [-0.2, 0) is 0 Å². The highest BCUT2D eigenvalue weighted by Crippen LogP contribution is 2.22. The second-order valence-corrected chi connectivity index (χ2v) is 2.89. The van der Waals surface area contributed by atoms with E-state index in [0.717, 1.165) is 11.8 Å². The SMILES string of the molecule is N#CSc1ccc(N)cc1C#N. The summed E-state index contributed by atoms with van der Waals surface area (Å²) in [5, 5.41) is 18.9. The maximum atomic E-state index is 8.64. The summed E-state index contributed by atoms with van der Waals surface area (Å²) < 4.78 is 0. The van der Waals surface area contributed by atoms with Crippen molar-refractivity contribution in [1.82, 2.24) is 0 Å². The molecule has 58 valence electrons. The van der Waals surface area contributed by atoms with Gasteiger partial charge in [-0.2, -0.15) is 10.5 Å². The third-order valence-electron chi connectivity index (χ3n) is 1.28. The van der Waals surface area contributed by atoms with Crippen molar-refractivity contribution in [2.75, 3.05) is 5.73 Å². The van der Waals surface area contributed by atoms with Crippen LogP contribution in [0, 0.1) is 22.0 Å². The number of nitrogen functional groups attached to an aromatic ring is 1. The summed E-state index contributed by atoms with van der Waals surface area (Å²) in [5.41, 5.74) is 6.44. The van der Waals surface area contributed by atoms with E-state index < -0.39 is 0 Å². The molecule has 1 rings (SSSR count). The Balaban J connectivity index is 3.15. The van der Waals surface area contributed by atoms with Gasteiger partial charge in [-0.25, -0.2) is 0 Å². The normalized spacial score (nSPS) is 8.50. The Morgan fingerprint density at radius 3 is 2.67 bits per heavy atom. The molecule has 0 amide bonds. The Morgan fingerprint density at radius 1 is 1.33 bits per heavy atom. The fourth-order valence-electron chi connectivity index (χ4n) is 0.773. The maximum Gasteiger partial charge on any atom is 0.138 e. The molecule has 0 radical (unpaired) electrons. The Bertz CT molecular complexity index is 373. The maximum absolute atomic E-state index is 8.64. The molecule has 1 aromatic rings. The summed E-state index contributed by atoms with van der Waals surface area (Å²) >= 11 is 0.963. The average Bonchev–Trinajstić information content (AvgIpc) is 2.08. The molecule has 0 bridgehead atoms. The summed E-state index contributed by atoms with van der Waals surface area (Å²) in [6, 6.07) is 6.86. The van der Waals surface area contributed by atoms with Crippen molar-refractivity contribution < 1.29 is 0 Å². The average molecular weight is 175 g/mol. The fraction of sp³-hybridized carbons (Fsp3) is 0. The van der Waals surface area contributed by atoms with Crippen molar-refractivity contribution >= 4 is 17.4 Å². The molecule has 4 heteroatoms. The van der Waals surface area contributed by atoms with Gasteiger partial charge in [0.1, 0.15) is 11.5 Å². The molecule has 0 aliphatic rings. The lowest BCUT2D eigenvalue weighted by Crippen LogP contribution is -1.87. The highest BCUT2D eigenvalue weighted by Gasteiger charge is 2.01. The van der Waals surface area contributed by atoms with Crippen LogP contribution in [0.25, 0.3) is 0 Å². The number of thioether (sulfide) groups is 1. The van der Waals surface area contributed by atoms with Crippen molar-refractivity contribution in [2.24, 2.45) is 0 Å². The van der Waals surface area contributed by atoms with Gasteiger partial charge in [-0.3, -0.25) is 0 Å². The van der Waals surface area contributed by atoms with Crippen molar-refractivity contribution in [3.63, 3.8) is 0 Å². The lowest BCUT2D eigenvalue weighted by Gasteiger charge is -1.97. The van der Waals surface area contributed by atoms with E-state index in [0.29, 0.717) is 16.1 Å². The molecule has 0 aromatic heterocycles. The van der Waals surface area contributed by atoms with Crippen molar-refractivity contribution in [3.05, 3.63) is 23.8 Å². The third-order valence-corrected chi connectivity index (χ3v) is 1.95. The molecular weight excluding hydrogens is 170 g/mol. The van der Waals surface area contributed by atoms with Crippen molar-refractivity contribution in [3.8, 4) is 11.5 Å². The quantitative estimate of drug-likeness (QED) is 0.400. The van der Waals surface area contributed by atoms with Gasteiger partial charge in [-0.15, -0.1) is 0 Å². The largest absolute Gasteiger partial charge is 0.399 e. The molecule has 0 aliphatic carbocycles. The van der Waals surface area contributed by atoms with E-state index in [9.17, 15) is 0 Å². The lowest BCUT2D eigenvalue weighted by atomic mass is 10.2. The molecule has 0 heterocycles. The Morgan fingerprint density at radius 2 is 2.08 bits per heavy atom. The van der Waals surface area contributed by atoms with Crippen LogP contribution in [0.2, 0.25) is 0 Å². The van der Waals surface area contributed by atoms with Crippen LogP contribution < -0.4 is 5.73 Å². The summed E-state index contributed by atoms with van der Waals surface area (Å²) in [7, 11) is 0. The molecule has 1 aromatic carbocycles. The standard InChI is InChI=1S/C8H5N3S/c9-4-6-3-7(11)1-2-8(6)12-5-10/h1-3H,11H2. The van der Waals surface area contributed by atoms with E-state index in [2.05, 4.69) is 0 Å². The van der Waals surface area contributed by atoms with Crippen LogP contribution in [0.15, 0.2) is 23.1 Å². The van der Waals surface area contributed by atoms with Gasteiger partial charge in [-0.05, 0) is 30.0 Å². The summed E-state index contributed by atoms with van der Waals surface area (Å²) in [4.78, 5) is 0.647. The summed E-state index contributed by atoms with van der Waals surface area (Å²) in [6.07, 6.45) is 0. The van der Waals surface area contributed by atoms with E-state index in [4.69, 9.17) is 16.3 Å². The van der Waals surface area contributed by atoms with Crippen LogP contribution in [-0.4, -0.2) is 0 Å². The fourth-order valence-corrected chi connectivity index (χ4v) is 1.22. The first-order chi connectivity index (χ1) is 5.77. The molecule has 0 saturated carbocycles. The van der Waals surface area contributed by atoms with Gasteiger partial charge in [0.25, 0.3) is 0 Å². The second kappa shape index (κ2) is 3.66. The molecule has 0 atom stereocenters. The van der Waals surface area contributed by atoms with Gasteiger partial charge in [0.05, 0.1) is 5.56 Å². The predicted molar refractivity (Wildman–Crippen MR) is 47.0 cm³/mol. The van der Waals surface area contributed by atoms with Crippen molar-refractivity contribution in [2.45, 2.75) is 4.90 Å². The molecule has 0 saturated heterocycles. The van der Waals surface area contributed by atoms with E-state index in [1.807, 2.05) is 11.5 Å². The number of thiocyanates is 1. The molecule has 12 heavy (non-hydrogen) atoms. The number of hydrogen-bond acceptors (Lipinski definition) is 4. The minimum atomic E-state index is 0.446. The van der Waals surface area contributed by atoms with Crippen LogP contribution in [0.5, 0.6) is 0 Å². The zero-order valence-corrected chi connectivity index (χ0v) is 6.93. The van der Waals surface area contributed by atoms with E-state index in [1.54, 1.807) is 18.2 Å². The molecule has 0 fully saturated rings. The topological polar surface area (TPSA) is 73.6 Å². The van der Waals surface area contributed by atoms with Crippen LogP contribution in [0.1, 0.15) is 5.56 Å². The van der Waals surface area contributed by atoms with Gasteiger partial charge >= 0.3 is 0 Å². The number of rotatable bonds is 1. The molecule has 0 unspecified atom stereocenters. The molecule has 2 N–H and O–H groups in total. The number of benzene rings is 1. The van der Waals surface area contributed by atoms with E-state index >= 15 is 0 Å². The van der Waals surface area contributed by atoms with Gasteiger partial charge < -0.3 is 5.73 Å².